The molecule has 3 rings (SSSR count). The van der Waals surface area contributed by atoms with Crippen LogP contribution in [0, 0.1) is 0 Å². The molecule has 0 bridgehead atoms. The fourth-order valence-electron chi connectivity index (χ4n) is 3.53. The van der Waals surface area contributed by atoms with E-state index >= 15 is 0 Å². The van der Waals surface area contributed by atoms with Gasteiger partial charge in [-0.3, -0.25) is 4.79 Å². The summed E-state index contributed by atoms with van der Waals surface area (Å²) in [6.07, 6.45) is 8.92. The van der Waals surface area contributed by atoms with E-state index < -0.39 is 0 Å². The number of carbonyl (C=O) groups excluding carboxylic acids is 1. The number of carbonyl (C=O) groups is 1. The van der Waals surface area contributed by atoms with Crippen molar-refractivity contribution < 1.29 is 9.53 Å². The maximum Gasteiger partial charge on any atom is 0.259 e. The molecular formula is C18H26N2O2S. The van der Waals surface area contributed by atoms with Gasteiger partial charge in [-0.05, 0) is 44.1 Å². The predicted octanol–water partition coefficient (Wildman–Crippen LogP) is 3.76. The highest BCUT2D eigenvalue weighted by atomic mass is 32.2. The first-order valence-electron chi connectivity index (χ1n) is 8.80. The lowest BCUT2D eigenvalue weighted by molar-refractivity contribution is 0.0640. The van der Waals surface area contributed by atoms with E-state index in [-0.39, 0.29) is 12.0 Å². The standard InChI is InChI=1S/C18H26N2O2S/c1-2-20(14-7-4-3-5-8-14)18(21)16-9-6-11-19-17(16)22-15-10-12-23-13-15/h6,9,11,14-15H,2-5,7-8,10,12-13H2,1H3. The van der Waals surface area contributed by atoms with Crippen LogP contribution < -0.4 is 4.74 Å². The van der Waals surface area contributed by atoms with Crippen molar-refractivity contribution in [2.24, 2.45) is 0 Å². The van der Waals surface area contributed by atoms with Gasteiger partial charge in [0.25, 0.3) is 5.91 Å². The Bertz CT molecular complexity index is 526. The Balaban J connectivity index is 1.77. The van der Waals surface area contributed by atoms with Crippen LogP contribution in [0.3, 0.4) is 0 Å². The molecule has 1 aliphatic heterocycles. The third kappa shape index (κ3) is 4.00. The molecule has 1 aliphatic carbocycles. The van der Waals surface area contributed by atoms with Crippen LogP contribution >= 0.6 is 11.8 Å². The van der Waals surface area contributed by atoms with Gasteiger partial charge in [0.1, 0.15) is 11.7 Å². The minimum atomic E-state index is 0.0770. The summed E-state index contributed by atoms with van der Waals surface area (Å²) in [5, 5.41) is 0. The number of aromatic nitrogens is 1. The minimum absolute atomic E-state index is 0.0770. The van der Waals surface area contributed by atoms with E-state index in [1.165, 1.54) is 19.3 Å². The van der Waals surface area contributed by atoms with E-state index in [9.17, 15) is 4.79 Å². The topological polar surface area (TPSA) is 42.4 Å². The largest absolute Gasteiger partial charge is 0.473 e. The highest BCUT2D eigenvalue weighted by Gasteiger charge is 2.28. The number of nitrogens with zero attached hydrogens (tertiary/aromatic N) is 2. The van der Waals surface area contributed by atoms with Gasteiger partial charge in [0.05, 0.1) is 0 Å². The number of hydrogen-bond acceptors (Lipinski definition) is 4. The summed E-state index contributed by atoms with van der Waals surface area (Å²) in [7, 11) is 0. The summed E-state index contributed by atoms with van der Waals surface area (Å²) in [5.74, 6) is 2.71. The quantitative estimate of drug-likeness (QED) is 0.822. The zero-order chi connectivity index (χ0) is 16.1. The Morgan fingerprint density at radius 1 is 1.35 bits per heavy atom. The van der Waals surface area contributed by atoms with Crippen LogP contribution in [0.4, 0.5) is 0 Å². The van der Waals surface area contributed by atoms with Crippen molar-refractivity contribution >= 4 is 17.7 Å². The molecule has 1 atom stereocenters. The third-order valence-corrected chi connectivity index (χ3v) is 5.92. The van der Waals surface area contributed by atoms with Crippen LogP contribution in [0.5, 0.6) is 5.88 Å². The first-order valence-corrected chi connectivity index (χ1v) is 9.95. The molecule has 126 valence electrons. The second-order valence-electron chi connectivity index (χ2n) is 6.34. The van der Waals surface area contributed by atoms with Gasteiger partial charge in [-0.1, -0.05) is 19.3 Å². The number of pyridine rings is 1. The van der Waals surface area contributed by atoms with Crippen molar-refractivity contribution in [3.8, 4) is 5.88 Å². The van der Waals surface area contributed by atoms with E-state index in [0.717, 1.165) is 37.3 Å². The Morgan fingerprint density at radius 2 is 2.17 bits per heavy atom. The van der Waals surface area contributed by atoms with Gasteiger partial charge in [-0.25, -0.2) is 4.98 Å². The predicted molar refractivity (Wildman–Crippen MR) is 94.2 cm³/mol. The Morgan fingerprint density at radius 3 is 2.87 bits per heavy atom. The second kappa shape index (κ2) is 8.04. The first kappa shape index (κ1) is 16.6. The average Bonchev–Trinajstić information content (AvgIpc) is 3.10. The summed E-state index contributed by atoms with van der Waals surface area (Å²) in [5.41, 5.74) is 0.622. The molecule has 1 saturated carbocycles. The highest BCUT2D eigenvalue weighted by Crippen LogP contribution is 2.28. The van der Waals surface area contributed by atoms with E-state index in [1.54, 1.807) is 6.20 Å². The monoisotopic (exact) mass is 334 g/mol. The molecule has 0 aromatic carbocycles. The lowest BCUT2D eigenvalue weighted by atomic mass is 9.94. The lowest BCUT2D eigenvalue weighted by Crippen LogP contribution is -2.41. The molecular weight excluding hydrogens is 308 g/mol. The van der Waals surface area contributed by atoms with Crippen LogP contribution in [0.15, 0.2) is 18.3 Å². The van der Waals surface area contributed by atoms with Crippen molar-refractivity contribution in [3.63, 3.8) is 0 Å². The lowest BCUT2D eigenvalue weighted by Gasteiger charge is -2.34. The molecule has 5 heteroatoms. The van der Waals surface area contributed by atoms with Gasteiger partial charge >= 0.3 is 0 Å². The first-order chi connectivity index (χ1) is 11.3. The Labute approximate surface area is 143 Å². The van der Waals surface area contributed by atoms with E-state index in [0.29, 0.717) is 17.5 Å². The zero-order valence-electron chi connectivity index (χ0n) is 13.9. The van der Waals surface area contributed by atoms with E-state index in [1.807, 2.05) is 28.8 Å². The fourth-order valence-corrected chi connectivity index (χ4v) is 4.62. The van der Waals surface area contributed by atoms with Gasteiger partial charge in [0, 0.05) is 24.5 Å². The molecule has 23 heavy (non-hydrogen) atoms. The minimum Gasteiger partial charge on any atom is -0.473 e. The molecule has 1 amide bonds. The number of amides is 1. The second-order valence-corrected chi connectivity index (χ2v) is 7.49. The molecule has 1 aromatic rings. The summed E-state index contributed by atoms with van der Waals surface area (Å²) in [6.45, 7) is 2.81. The molecule has 1 aromatic heterocycles. The number of thioether (sulfide) groups is 1. The Kier molecular flexibility index (Phi) is 5.81. The Hall–Kier alpha value is -1.23. The summed E-state index contributed by atoms with van der Waals surface area (Å²) >= 11 is 1.90. The van der Waals surface area contributed by atoms with E-state index in [2.05, 4.69) is 11.9 Å². The summed E-state index contributed by atoms with van der Waals surface area (Å²) in [6, 6.07) is 4.06. The molecule has 2 fully saturated rings. The molecule has 2 aliphatic rings. The molecule has 1 unspecified atom stereocenters. The number of rotatable bonds is 5. The third-order valence-electron chi connectivity index (χ3n) is 4.78. The van der Waals surface area contributed by atoms with Gasteiger partial charge in [0.2, 0.25) is 5.88 Å². The normalized spacial score (nSPS) is 22.0. The van der Waals surface area contributed by atoms with Crippen molar-refractivity contribution in [1.29, 1.82) is 0 Å². The summed E-state index contributed by atoms with van der Waals surface area (Å²) in [4.78, 5) is 19.4. The SMILES string of the molecule is CCN(C(=O)c1cccnc1OC1CCSC1)C1CCCCC1. The van der Waals surface area contributed by atoms with Crippen LogP contribution in [-0.4, -0.2) is 46.0 Å². The summed E-state index contributed by atoms with van der Waals surface area (Å²) < 4.78 is 6.03. The number of hydrogen-bond donors (Lipinski definition) is 0. The van der Waals surface area contributed by atoms with Gasteiger partial charge in [0.15, 0.2) is 0 Å². The van der Waals surface area contributed by atoms with Crippen LogP contribution in [0.1, 0.15) is 55.8 Å². The van der Waals surface area contributed by atoms with Crippen LogP contribution in [0.2, 0.25) is 0 Å². The zero-order valence-corrected chi connectivity index (χ0v) is 14.7. The smallest absolute Gasteiger partial charge is 0.259 e. The van der Waals surface area contributed by atoms with Crippen molar-refractivity contribution in [2.45, 2.75) is 57.6 Å². The van der Waals surface area contributed by atoms with Crippen molar-refractivity contribution in [1.82, 2.24) is 9.88 Å². The number of ether oxygens (including phenoxy) is 1. The molecule has 0 spiro atoms. The molecule has 1 saturated heterocycles. The van der Waals surface area contributed by atoms with Crippen molar-refractivity contribution in [3.05, 3.63) is 23.9 Å². The van der Waals surface area contributed by atoms with Crippen LogP contribution in [-0.2, 0) is 0 Å². The molecule has 4 nitrogen and oxygen atoms in total. The van der Waals surface area contributed by atoms with Gasteiger partial charge < -0.3 is 9.64 Å². The average molecular weight is 334 g/mol. The molecule has 2 heterocycles. The molecule has 0 radical (unpaired) electrons. The van der Waals surface area contributed by atoms with E-state index in [4.69, 9.17) is 4.74 Å². The maximum absolute atomic E-state index is 13.1. The van der Waals surface area contributed by atoms with Crippen molar-refractivity contribution in [2.75, 3.05) is 18.1 Å². The molecule has 0 N–H and O–H groups in total. The van der Waals surface area contributed by atoms with Crippen LogP contribution in [0.25, 0.3) is 0 Å². The maximum atomic E-state index is 13.1. The highest BCUT2D eigenvalue weighted by molar-refractivity contribution is 7.99. The fraction of sp³-hybridized carbons (Fsp3) is 0.667. The van der Waals surface area contributed by atoms with Gasteiger partial charge in [-0.15, -0.1) is 0 Å². The van der Waals surface area contributed by atoms with Gasteiger partial charge in [-0.2, -0.15) is 11.8 Å².